The first-order chi connectivity index (χ1) is 13.6. The number of pyridine rings is 1. The third-order valence-electron chi connectivity index (χ3n) is 4.12. The van der Waals surface area contributed by atoms with Gasteiger partial charge in [0.05, 0.1) is 11.3 Å². The van der Waals surface area contributed by atoms with E-state index < -0.39 is 0 Å². The van der Waals surface area contributed by atoms with Crippen LogP contribution in [0.5, 0.6) is 0 Å². The molecular weight excluding hydrogens is 352 g/mol. The maximum Gasteiger partial charge on any atom is 0.255 e. The Morgan fingerprint density at radius 2 is 2.00 bits per heavy atom. The van der Waals surface area contributed by atoms with E-state index in [2.05, 4.69) is 29.2 Å². The third kappa shape index (κ3) is 5.27. The van der Waals surface area contributed by atoms with Crippen LogP contribution >= 0.6 is 0 Å². The Morgan fingerprint density at radius 1 is 1.18 bits per heavy atom. The molecule has 2 aromatic heterocycles. The van der Waals surface area contributed by atoms with Crippen LogP contribution in [0.4, 0.5) is 0 Å². The first kappa shape index (κ1) is 19.8. The summed E-state index contributed by atoms with van der Waals surface area (Å²) < 4.78 is 7.29. The van der Waals surface area contributed by atoms with Crippen molar-refractivity contribution in [1.82, 2.24) is 20.1 Å². The average molecular weight is 378 g/mol. The van der Waals surface area contributed by atoms with E-state index in [4.69, 9.17) is 4.74 Å². The fourth-order valence-corrected chi connectivity index (χ4v) is 2.76. The third-order valence-corrected chi connectivity index (χ3v) is 4.12. The Hall–Kier alpha value is -2.99. The molecule has 1 aromatic carbocycles. The number of hydrogen-bond acceptors (Lipinski definition) is 4. The van der Waals surface area contributed by atoms with E-state index in [0.717, 1.165) is 24.3 Å². The van der Waals surface area contributed by atoms with Crippen LogP contribution in [0.1, 0.15) is 30.6 Å². The molecular formula is C22H26N4O2. The van der Waals surface area contributed by atoms with Crippen molar-refractivity contribution in [2.24, 2.45) is 5.92 Å². The molecule has 1 N–H and O–H groups in total. The molecule has 146 valence electrons. The number of amides is 1. The second-order valence-electron chi connectivity index (χ2n) is 6.99. The van der Waals surface area contributed by atoms with Crippen molar-refractivity contribution in [2.45, 2.75) is 20.3 Å². The van der Waals surface area contributed by atoms with Gasteiger partial charge in [0.2, 0.25) is 0 Å². The van der Waals surface area contributed by atoms with Crippen LogP contribution in [0.25, 0.3) is 16.9 Å². The quantitative estimate of drug-likeness (QED) is 0.576. The van der Waals surface area contributed by atoms with Gasteiger partial charge in [0, 0.05) is 43.9 Å². The molecule has 0 radical (unpaired) electrons. The molecule has 6 nitrogen and oxygen atoms in total. The number of carbonyl (C=O) groups is 1. The molecule has 0 aliphatic carbocycles. The van der Waals surface area contributed by atoms with Crippen molar-refractivity contribution in [3.63, 3.8) is 0 Å². The highest BCUT2D eigenvalue weighted by molar-refractivity contribution is 5.99. The minimum Gasteiger partial charge on any atom is -0.381 e. The number of rotatable bonds is 9. The highest BCUT2D eigenvalue weighted by Crippen LogP contribution is 2.23. The lowest BCUT2D eigenvalue weighted by Crippen LogP contribution is -2.25. The van der Waals surface area contributed by atoms with Crippen molar-refractivity contribution >= 4 is 5.91 Å². The van der Waals surface area contributed by atoms with Gasteiger partial charge < -0.3 is 10.1 Å². The summed E-state index contributed by atoms with van der Waals surface area (Å²) in [5.41, 5.74) is 2.85. The first-order valence-electron chi connectivity index (χ1n) is 9.56. The summed E-state index contributed by atoms with van der Waals surface area (Å²) in [5.74, 6) is 0.366. The molecule has 0 bridgehead atoms. The lowest BCUT2D eigenvalue weighted by molar-refractivity contribution is 0.0925. The number of ether oxygens (including phenoxy) is 1. The Morgan fingerprint density at radius 3 is 2.71 bits per heavy atom. The molecule has 0 aliphatic heterocycles. The second-order valence-corrected chi connectivity index (χ2v) is 6.99. The lowest BCUT2D eigenvalue weighted by Gasteiger charge is -2.08. The second kappa shape index (κ2) is 9.80. The van der Waals surface area contributed by atoms with Gasteiger partial charge in [-0.05, 0) is 36.6 Å². The Balaban J connectivity index is 1.73. The highest BCUT2D eigenvalue weighted by atomic mass is 16.5. The Bertz CT molecular complexity index is 876. The molecule has 0 fully saturated rings. The number of aromatic nitrogens is 3. The van der Waals surface area contributed by atoms with Crippen LogP contribution in [0, 0.1) is 5.92 Å². The zero-order valence-corrected chi connectivity index (χ0v) is 16.3. The van der Waals surface area contributed by atoms with E-state index >= 15 is 0 Å². The van der Waals surface area contributed by atoms with Crippen molar-refractivity contribution in [1.29, 1.82) is 0 Å². The topological polar surface area (TPSA) is 69.0 Å². The molecule has 0 saturated carbocycles. The van der Waals surface area contributed by atoms with Gasteiger partial charge in [-0.25, -0.2) is 4.68 Å². The summed E-state index contributed by atoms with van der Waals surface area (Å²) in [7, 11) is 0. The van der Waals surface area contributed by atoms with Crippen LogP contribution < -0.4 is 5.32 Å². The van der Waals surface area contributed by atoms with Gasteiger partial charge in [0.25, 0.3) is 5.91 Å². The summed E-state index contributed by atoms with van der Waals surface area (Å²) in [6.45, 7) is 6.17. The summed E-state index contributed by atoms with van der Waals surface area (Å²) in [4.78, 5) is 17.0. The maximum absolute atomic E-state index is 12.8. The van der Waals surface area contributed by atoms with Crippen molar-refractivity contribution < 1.29 is 9.53 Å². The number of benzene rings is 1. The van der Waals surface area contributed by atoms with E-state index in [1.165, 1.54) is 0 Å². The van der Waals surface area contributed by atoms with Crippen LogP contribution in [-0.4, -0.2) is 40.4 Å². The van der Waals surface area contributed by atoms with Crippen LogP contribution in [0.15, 0.2) is 61.1 Å². The molecule has 3 aromatic rings. The summed E-state index contributed by atoms with van der Waals surface area (Å²) in [6, 6.07) is 13.5. The Kier molecular flexibility index (Phi) is 6.92. The van der Waals surface area contributed by atoms with Gasteiger partial charge >= 0.3 is 0 Å². The zero-order valence-electron chi connectivity index (χ0n) is 16.3. The van der Waals surface area contributed by atoms with Crippen molar-refractivity contribution in [2.75, 3.05) is 19.8 Å². The highest BCUT2D eigenvalue weighted by Gasteiger charge is 2.18. The van der Waals surface area contributed by atoms with Gasteiger partial charge in [-0.1, -0.05) is 32.0 Å². The molecule has 2 heterocycles. The standard InChI is InChI=1S/C22H26N4O2/c1-17(2)16-28-13-7-12-24-22(27)20-15-26(19-9-4-3-5-10-19)25-21(20)18-8-6-11-23-14-18/h3-6,8-11,14-15,17H,7,12-13,16H2,1-2H3,(H,24,27). The predicted octanol–water partition coefficient (Wildman–Crippen LogP) is 3.73. The van der Waals surface area contributed by atoms with E-state index in [0.29, 0.717) is 30.3 Å². The molecule has 28 heavy (non-hydrogen) atoms. The number of hydrogen-bond donors (Lipinski definition) is 1. The predicted molar refractivity (Wildman–Crippen MR) is 109 cm³/mol. The van der Waals surface area contributed by atoms with E-state index in [1.807, 2.05) is 42.5 Å². The average Bonchev–Trinajstić information content (AvgIpc) is 3.17. The van der Waals surface area contributed by atoms with Crippen molar-refractivity contribution in [3.8, 4) is 16.9 Å². The first-order valence-corrected chi connectivity index (χ1v) is 9.56. The number of carbonyl (C=O) groups excluding carboxylic acids is 1. The van der Waals surface area contributed by atoms with Gasteiger partial charge in [-0.3, -0.25) is 9.78 Å². The van der Waals surface area contributed by atoms with Gasteiger partial charge in [-0.2, -0.15) is 5.10 Å². The smallest absolute Gasteiger partial charge is 0.255 e. The largest absolute Gasteiger partial charge is 0.381 e. The normalized spacial score (nSPS) is 11.0. The number of nitrogens with one attached hydrogen (secondary N) is 1. The number of nitrogens with zero attached hydrogens (tertiary/aromatic N) is 3. The minimum absolute atomic E-state index is 0.148. The molecule has 0 saturated heterocycles. The summed E-state index contributed by atoms with van der Waals surface area (Å²) >= 11 is 0. The van der Waals surface area contributed by atoms with Gasteiger partial charge in [0.15, 0.2) is 0 Å². The number of para-hydroxylation sites is 1. The molecule has 0 unspecified atom stereocenters. The SMILES string of the molecule is CC(C)COCCCNC(=O)c1cn(-c2ccccc2)nc1-c1cccnc1. The molecule has 1 amide bonds. The zero-order chi connectivity index (χ0) is 19.8. The van der Waals surface area contributed by atoms with Crippen LogP contribution in [0.2, 0.25) is 0 Å². The molecule has 0 aliphatic rings. The van der Waals surface area contributed by atoms with Gasteiger partial charge in [0.1, 0.15) is 5.69 Å². The fourth-order valence-electron chi connectivity index (χ4n) is 2.76. The minimum atomic E-state index is -0.148. The van der Waals surface area contributed by atoms with Crippen LogP contribution in [0.3, 0.4) is 0 Å². The molecule has 3 rings (SSSR count). The summed E-state index contributed by atoms with van der Waals surface area (Å²) in [5, 5.41) is 7.61. The molecule has 0 spiro atoms. The molecule has 0 atom stereocenters. The van der Waals surface area contributed by atoms with E-state index in [9.17, 15) is 4.79 Å². The van der Waals surface area contributed by atoms with Crippen molar-refractivity contribution in [3.05, 3.63) is 66.6 Å². The maximum atomic E-state index is 12.8. The summed E-state index contributed by atoms with van der Waals surface area (Å²) in [6.07, 6.45) is 5.96. The Labute approximate surface area is 165 Å². The van der Waals surface area contributed by atoms with E-state index in [-0.39, 0.29) is 5.91 Å². The lowest BCUT2D eigenvalue weighted by atomic mass is 10.1. The van der Waals surface area contributed by atoms with Crippen LogP contribution in [-0.2, 0) is 4.74 Å². The van der Waals surface area contributed by atoms with E-state index in [1.54, 1.807) is 23.3 Å². The fraction of sp³-hybridized carbons (Fsp3) is 0.318. The van der Waals surface area contributed by atoms with Gasteiger partial charge in [-0.15, -0.1) is 0 Å². The monoisotopic (exact) mass is 378 g/mol. The molecule has 6 heteroatoms.